The average Bonchev–Trinajstić information content (AvgIpc) is 2.41. The molecule has 2 aromatic rings. The molecule has 0 atom stereocenters. The predicted molar refractivity (Wildman–Crippen MR) is 81.1 cm³/mol. The van der Waals surface area contributed by atoms with E-state index >= 15 is 0 Å². The van der Waals surface area contributed by atoms with Crippen LogP contribution in [0, 0.1) is 5.82 Å². The second-order valence-electron chi connectivity index (χ2n) is 3.94. The van der Waals surface area contributed by atoms with Crippen molar-refractivity contribution in [2.24, 2.45) is 0 Å². The summed E-state index contributed by atoms with van der Waals surface area (Å²) >= 11 is 4.78. The fraction of sp³-hybridized carbons (Fsp3) is 0.143. The van der Waals surface area contributed by atoms with Crippen LogP contribution in [0.3, 0.4) is 0 Å². The fourth-order valence-electron chi connectivity index (χ4n) is 1.56. The van der Waals surface area contributed by atoms with Gasteiger partial charge >= 0.3 is 0 Å². The molecule has 0 aliphatic rings. The summed E-state index contributed by atoms with van der Waals surface area (Å²) in [5.74, 6) is 1.24. The van der Waals surface area contributed by atoms with E-state index in [4.69, 9.17) is 10.5 Å². The van der Waals surface area contributed by atoms with Crippen LogP contribution >= 0.6 is 27.7 Å². The fourth-order valence-corrected chi connectivity index (χ4v) is 2.92. The van der Waals surface area contributed by atoms with Gasteiger partial charge in [0.2, 0.25) is 0 Å². The molecule has 0 radical (unpaired) electrons. The number of thioether (sulfide) groups is 1. The van der Waals surface area contributed by atoms with Gasteiger partial charge in [0.15, 0.2) is 0 Å². The molecule has 0 bridgehead atoms. The quantitative estimate of drug-likeness (QED) is 0.658. The van der Waals surface area contributed by atoms with Gasteiger partial charge < -0.3 is 10.5 Å². The Kier molecular flexibility index (Phi) is 4.71. The van der Waals surface area contributed by atoms with E-state index in [9.17, 15) is 4.39 Å². The van der Waals surface area contributed by atoms with Crippen molar-refractivity contribution in [1.29, 1.82) is 0 Å². The molecule has 2 nitrogen and oxygen atoms in total. The van der Waals surface area contributed by atoms with Gasteiger partial charge in [0.25, 0.3) is 0 Å². The lowest BCUT2D eigenvalue weighted by Gasteiger charge is -2.08. The third-order valence-corrected chi connectivity index (χ3v) is 4.35. The molecular weight excluding hydrogens is 329 g/mol. The molecule has 0 fully saturated rings. The maximum absolute atomic E-state index is 13.1. The Labute approximate surface area is 124 Å². The molecule has 2 N–H and O–H groups in total. The Balaban J connectivity index is 2.11. The summed E-state index contributed by atoms with van der Waals surface area (Å²) in [7, 11) is 1.62. The minimum atomic E-state index is -0.255. The Bertz CT molecular complexity index is 592. The highest BCUT2D eigenvalue weighted by Gasteiger charge is 2.05. The number of methoxy groups -OCH3 is 1. The van der Waals surface area contributed by atoms with Crippen molar-refractivity contribution in [1.82, 2.24) is 0 Å². The zero-order chi connectivity index (χ0) is 13.8. The number of nitrogen functional groups attached to an aromatic ring is 1. The molecule has 0 aliphatic heterocycles. The lowest BCUT2D eigenvalue weighted by Crippen LogP contribution is -1.91. The van der Waals surface area contributed by atoms with Gasteiger partial charge in [0, 0.05) is 16.3 Å². The maximum Gasteiger partial charge on any atom is 0.137 e. The van der Waals surface area contributed by atoms with Crippen molar-refractivity contribution in [2.75, 3.05) is 12.8 Å². The monoisotopic (exact) mass is 341 g/mol. The molecule has 100 valence electrons. The van der Waals surface area contributed by atoms with Crippen LogP contribution in [0.1, 0.15) is 5.56 Å². The van der Waals surface area contributed by atoms with Crippen LogP contribution in [0.4, 0.5) is 10.1 Å². The normalized spacial score (nSPS) is 10.5. The van der Waals surface area contributed by atoms with Crippen molar-refractivity contribution in [3.8, 4) is 5.75 Å². The molecule has 2 rings (SSSR count). The number of rotatable bonds is 4. The number of benzene rings is 2. The van der Waals surface area contributed by atoms with Crippen LogP contribution in [0.25, 0.3) is 0 Å². The molecule has 0 heterocycles. The van der Waals surface area contributed by atoms with Crippen molar-refractivity contribution in [3.63, 3.8) is 0 Å². The zero-order valence-electron chi connectivity index (χ0n) is 10.3. The van der Waals surface area contributed by atoms with E-state index < -0.39 is 0 Å². The lowest BCUT2D eigenvalue weighted by molar-refractivity contribution is 0.414. The van der Waals surface area contributed by atoms with Crippen LogP contribution in [0.15, 0.2) is 45.8 Å². The summed E-state index contributed by atoms with van der Waals surface area (Å²) < 4.78 is 18.8. The van der Waals surface area contributed by atoms with E-state index in [-0.39, 0.29) is 5.82 Å². The smallest absolute Gasteiger partial charge is 0.137 e. The molecule has 0 aliphatic carbocycles. The molecule has 0 amide bonds. The van der Waals surface area contributed by atoms with E-state index in [1.807, 2.05) is 18.2 Å². The molecule has 0 unspecified atom stereocenters. The van der Waals surface area contributed by atoms with Gasteiger partial charge in [0.05, 0.1) is 11.6 Å². The van der Waals surface area contributed by atoms with Crippen LogP contribution < -0.4 is 10.5 Å². The summed E-state index contributed by atoms with van der Waals surface area (Å²) in [5, 5.41) is 0. The zero-order valence-corrected chi connectivity index (χ0v) is 12.7. The number of halogens is 2. The average molecular weight is 342 g/mol. The largest absolute Gasteiger partial charge is 0.497 e. The lowest BCUT2D eigenvalue weighted by atomic mass is 10.2. The number of anilines is 1. The number of hydrogen-bond acceptors (Lipinski definition) is 3. The van der Waals surface area contributed by atoms with Crippen LogP contribution in [-0.4, -0.2) is 7.11 Å². The first kappa shape index (κ1) is 14.2. The summed E-state index contributed by atoms with van der Waals surface area (Å²) in [5.41, 5.74) is 7.66. The van der Waals surface area contributed by atoms with Crippen molar-refractivity contribution < 1.29 is 9.13 Å². The second-order valence-corrected chi connectivity index (χ2v) is 5.81. The highest BCUT2D eigenvalue weighted by molar-refractivity contribution is 9.10. The first-order valence-electron chi connectivity index (χ1n) is 5.60. The van der Waals surface area contributed by atoms with Gasteiger partial charge in [-0.05, 0) is 51.8 Å². The molecule has 0 saturated carbocycles. The minimum Gasteiger partial charge on any atom is -0.497 e. The topological polar surface area (TPSA) is 35.2 Å². The molecule has 5 heteroatoms. The van der Waals surface area contributed by atoms with E-state index in [2.05, 4.69) is 15.9 Å². The van der Waals surface area contributed by atoms with E-state index in [0.29, 0.717) is 10.2 Å². The number of nitrogens with two attached hydrogens (primary N) is 1. The Hall–Kier alpha value is -1.20. The standard InChI is InChI=1S/C14H13BrFNOS/c1-18-10-3-5-13(17)14(7-10)19-8-9-2-4-12(16)11(15)6-9/h2-7H,8,17H2,1H3. The second kappa shape index (κ2) is 6.30. The van der Waals surface area contributed by atoms with Crippen molar-refractivity contribution in [2.45, 2.75) is 10.6 Å². The summed E-state index contributed by atoms with van der Waals surface area (Å²) in [6.45, 7) is 0. The molecule has 0 saturated heterocycles. The van der Waals surface area contributed by atoms with Gasteiger partial charge in [-0.2, -0.15) is 0 Å². The van der Waals surface area contributed by atoms with E-state index in [1.54, 1.807) is 31.0 Å². The summed E-state index contributed by atoms with van der Waals surface area (Å²) in [6, 6.07) is 10.5. The SMILES string of the molecule is COc1ccc(N)c(SCc2ccc(F)c(Br)c2)c1. The van der Waals surface area contributed by atoms with Crippen LogP contribution in [0.2, 0.25) is 0 Å². The summed E-state index contributed by atoms with van der Waals surface area (Å²) in [4.78, 5) is 0.958. The first-order chi connectivity index (χ1) is 9.10. The van der Waals surface area contributed by atoms with E-state index in [1.165, 1.54) is 6.07 Å². The predicted octanol–water partition coefficient (Wildman–Crippen LogP) is 4.47. The highest BCUT2D eigenvalue weighted by Crippen LogP contribution is 2.32. The van der Waals surface area contributed by atoms with Crippen LogP contribution in [0.5, 0.6) is 5.75 Å². The Morgan fingerprint density at radius 3 is 2.74 bits per heavy atom. The molecule has 2 aromatic carbocycles. The molecule has 0 spiro atoms. The highest BCUT2D eigenvalue weighted by atomic mass is 79.9. The molecular formula is C14H13BrFNOS. The van der Waals surface area contributed by atoms with Crippen LogP contribution in [-0.2, 0) is 5.75 Å². The Morgan fingerprint density at radius 2 is 2.05 bits per heavy atom. The molecule has 0 aromatic heterocycles. The Morgan fingerprint density at radius 1 is 1.26 bits per heavy atom. The molecule has 19 heavy (non-hydrogen) atoms. The van der Waals surface area contributed by atoms with Crippen molar-refractivity contribution >= 4 is 33.4 Å². The van der Waals surface area contributed by atoms with Gasteiger partial charge in [0.1, 0.15) is 11.6 Å². The third-order valence-electron chi connectivity index (χ3n) is 2.60. The van der Waals surface area contributed by atoms with Gasteiger partial charge in [-0.25, -0.2) is 4.39 Å². The van der Waals surface area contributed by atoms with Gasteiger partial charge in [-0.1, -0.05) is 6.07 Å². The number of hydrogen-bond donors (Lipinski definition) is 1. The maximum atomic E-state index is 13.1. The van der Waals surface area contributed by atoms with Crippen molar-refractivity contribution in [3.05, 3.63) is 52.3 Å². The van der Waals surface area contributed by atoms with E-state index in [0.717, 1.165) is 22.0 Å². The first-order valence-corrected chi connectivity index (χ1v) is 7.38. The third kappa shape index (κ3) is 3.64. The minimum absolute atomic E-state index is 0.255. The summed E-state index contributed by atoms with van der Waals surface area (Å²) in [6.07, 6.45) is 0. The van der Waals surface area contributed by atoms with Gasteiger partial charge in [-0.3, -0.25) is 0 Å². The number of ether oxygens (including phenoxy) is 1. The van der Waals surface area contributed by atoms with Gasteiger partial charge in [-0.15, -0.1) is 11.8 Å².